The summed E-state index contributed by atoms with van der Waals surface area (Å²) in [5, 5.41) is 4.10. The van der Waals surface area contributed by atoms with Crippen LogP contribution in [0, 0.1) is 0 Å². The maximum Gasteiger partial charge on any atom is 0.0561 e. The number of hydrogen-bond acceptors (Lipinski definition) is 3. The number of para-hydroxylation sites is 1. The summed E-state index contributed by atoms with van der Waals surface area (Å²) in [5.41, 5.74) is 4.88. The molecule has 0 aliphatic carbocycles. The lowest BCUT2D eigenvalue weighted by molar-refractivity contribution is 1.30. The van der Waals surface area contributed by atoms with Crippen molar-refractivity contribution in [3.05, 3.63) is 60.4 Å². The Hall–Kier alpha value is -2.16. The Labute approximate surface area is 88.5 Å². The van der Waals surface area contributed by atoms with Gasteiger partial charge in [-0.3, -0.25) is 10.4 Å². The van der Waals surface area contributed by atoms with E-state index in [1.165, 1.54) is 0 Å². The summed E-state index contributed by atoms with van der Waals surface area (Å²) >= 11 is 0. The lowest BCUT2D eigenvalue weighted by Crippen LogP contribution is -1.90. The third-order valence-electron chi connectivity index (χ3n) is 1.87. The minimum absolute atomic E-state index is 0.970. The third kappa shape index (κ3) is 2.91. The highest BCUT2D eigenvalue weighted by atomic mass is 15.3. The zero-order chi connectivity index (χ0) is 10.3. The summed E-state index contributed by atoms with van der Waals surface area (Å²) in [6, 6.07) is 13.6. The maximum atomic E-state index is 4.10. The zero-order valence-corrected chi connectivity index (χ0v) is 8.17. The summed E-state index contributed by atoms with van der Waals surface area (Å²) in [6.45, 7) is 0. The van der Waals surface area contributed by atoms with Crippen molar-refractivity contribution in [3.8, 4) is 0 Å². The van der Waals surface area contributed by atoms with Crippen molar-refractivity contribution in [3.63, 3.8) is 0 Å². The molecule has 0 saturated heterocycles. The quantitative estimate of drug-likeness (QED) is 0.606. The third-order valence-corrected chi connectivity index (χ3v) is 1.87. The van der Waals surface area contributed by atoms with Gasteiger partial charge in [-0.1, -0.05) is 24.3 Å². The van der Waals surface area contributed by atoms with Crippen molar-refractivity contribution in [2.75, 3.05) is 5.43 Å². The summed E-state index contributed by atoms with van der Waals surface area (Å²) in [7, 11) is 0. The molecular formula is C12H11N3. The molecule has 15 heavy (non-hydrogen) atoms. The Kier molecular flexibility index (Phi) is 3.07. The van der Waals surface area contributed by atoms with Gasteiger partial charge >= 0.3 is 0 Å². The second-order valence-corrected chi connectivity index (χ2v) is 3.02. The molecule has 0 fully saturated rings. The lowest BCUT2D eigenvalue weighted by Gasteiger charge is -1.97. The Balaban J connectivity index is 1.97. The Bertz CT molecular complexity index is 423. The fourth-order valence-electron chi connectivity index (χ4n) is 1.15. The Morgan fingerprint density at radius 1 is 1.07 bits per heavy atom. The molecule has 3 heteroatoms. The van der Waals surface area contributed by atoms with Crippen molar-refractivity contribution < 1.29 is 0 Å². The SMILES string of the molecule is C(=N/Nc1ccccc1)/c1cccnc1. The summed E-state index contributed by atoms with van der Waals surface area (Å²) in [4.78, 5) is 3.99. The van der Waals surface area contributed by atoms with Crippen LogP contribution in [0.4, 0.5) is 5.69 Å². The predicted molar refractivity (Wildman–Crippen MR) is 61.9 cm³/mol. The molecule has 1 heterocycles. The lowest BCUT2D eigenvalue weighted by atomic mass is 10.3. The summed E-state index contributed by atoms with van der Waals surface area (Å²) in [5.74, 6) is 0. The van der Waals surface area contributed by atoms with Gasteiger partial charge in [0.1, 0.15) is 0 Å². The molecule has 0 unspecified atom stereocenters. The van der Waals surface area contributed by atoms with Crippen LogP contribution in [0.15, 0.2) is 60.0 Å². The van der Waals surface area contributed by atoms with E-state index in [4.69, 9.17) is 0 Å². The molecule has 0 spiro atoms. The van der Waals surface area contributed by atoms with Gasteiger partial charge in [0.25, 0.3) is 0 Å². The van der Waals surface area contributed by atoms with Gasteiger partial charge < -0.3 is 0 Å². The fraction of sp³-hybridized carbons (Fsp3) is 0. The predicted octanol–water partition coefficient (Wildman–Crippen LogP) is 2.53. The van der Waals surface area contributed by atoms with E-state index in [1.54, 1.807) is 18.6 Å². The molecule has 0 atom stereocenters. The van der Waals surface area contributed by atoms with Crippen LogP contribution < -0.4 is 5.43 Å². The van der Waals surface area contributed by atoms with Gasteiger partial charge in [0, 0.05) is 18.0 Å². The first-order valence-corrected chi connectivity index (χ1v) is 4.69. The van der Waals surface area contributed by atoms with Gasteiger partial charge in [-0.25, -0.2) is 0 Å². The number of benzene rings is 1. The molecule has 0 radical (unpaired) electrons. The first-order valence-electron chi connectivity index (χ1n) is 4.69. The molecule has 0 aliphatic rings. The number of rotatable bonds is 3. The van der Waals surface area contributed by atoms with Gasteiger partial charge in [-0.05, 0) is 18.2 Å². The number of anilines is 1. The summed E-state index contributed by atoms with van der Waals surface area (Å²) in [6.07, 6.45) is 5.23. The average Bonchev–Trinajstić information content (AvgIpc) is 2.32. The molecule has 0 aliphatic heterocycles. The van der Waals surface area contributed by atoms with Crippen molar-refractivity contribution in [1.29, 1.82) is 0 Å². The van der Waals surface area contributed by atoms with Crippen LogP contribution in [0.1, 0.15) is 5.56 Å². The smallest absolute Gasteiger partial charge is 0.0561 e. The first-order chi connectivity index (χ1) is 7.45. The Morgan fingerprint density at radius 3 is 2.67 bits per heavy atom. The number of hydrazone groups is 1. The molecule has 2 aromatic rings. The minimum atomic E-state index is 0.970. The van der Waals surface area contributed by atoms with Crippen LogP contribution in [0.5, 0.6) is 0 Å². The van der Waals surface area contributed by atoms with Crippen molar-refractivity contribution in [1.82, 2.24) is 4.98 Å². The maximum absolute atomic E-state index is 4.10. The van der Waals surface area contributed by atoms with Gasteiger partial charge in [-0.2, -0.15) is 5.10 Å². The highest BCUT2D eigenvalue weighted by Crippen LogP contribution is 2.04. The number of nitrogens with one attached hydrogen (secondary N) is 1. The van der Waals surface area contributed by atoms with E-state index in [0.717, 1.165) is 11.3 Å². The average molecular weight is 197 g/mol. The monoisotopic (exact) mass is 197 g/mol. The van der Waals surface area contributed by atoms with E-state index in [-0.39, 0.29) is 0 Å². The topological polar surface area (TPSA) is 37.3 Å². The molecule has 1 aromatic heterocycles. The second kappa shape index (κ2) is 4.91. The number of nitrogens with zero attached hydrogens (tertiary/aromatic N) is 2. The van der Waals surface area contributed by atoms with E-state index >= 15 is 0 Å². The first kappa shape index (κ1) is 9.40. The molecule has 0 saturated carbocycles. The van der Waals surface area contributed by atoms with Crippen LogP contribution in [0.3, 0.4) is 0 Å². The highest BCUT2D eigenvalue weighted by Gasteiger charge is 1.86. The molecule has 1 aromatic carbocycles. The molecule has 1 N–H and O–H groups in total. The van der Waals surface area contributed by atoms with Crippen molar-refractivity contribution in [2.45, 2.75) is 0 Å². The van der Waals surface area contributed by atoms with E-state index in [0.29, 0.717) is 0 Å². The van der Waals surface area contributed by atoms with Gasteiger partial charge in [0.2, 0.25) is 0 Å². The minimum Gasteiger partial charge on any atom is -0.279 e. The van der Waals surface area contributed by atoms with E-state index in [1.807, 2.05) is 42.5 Å². The molecule has 3 nitrogen and oxygen atoms in total. The number of aromatic nitrogens is 1. The zero-order valence-electron chi connectivity index (χ0n) is 8.17. The normalized spacial score (nSPS) is 10.4. The number of pyridine rings is 1. The van der Waals surface area contributed by atoms with Gasteiger partial charge in [-0.15, -0.1) is 0 Å². The largest absolute Gasteiger partial charge is 0.279 e. The number of hydrogen-bond donors (Lipinski definition) is 1. The highest BCUT2D eigenvalue weighted by molar-refractivity contribution is 5.79. The summed E-state index contributed by atoms with van der Waals surface area (Å²) < 4.78 is 0. The van der Waals surface area contributed by atoms with Crippen LogP contribution in [-0.2, 0) is 0 Å². The standard InChI is InChI=1S/C12H11N3/c1-2-6-12(7-3-1)15-14-10-11-5-4-8-13-9-11/h1-10,15H/b14-10-. The van der Waals surface area contributed by atoms with E-state index < -0.39 is 0 Å². The van der Waals surface area contributed by atoms with Crippen LogP contribution in [-0.4, -0.2) is 11.2 Å². The van der Waals surface area contributed by atoms with Gasteiger partial charge in [0.15, 0.2) is 0 Å². The molecule has 0 bridgehead atoms. The molecular weight excluding hydrogens is 186 g/mol. The molecule has 0 amide bonds. The van der Waals surface area contributed by atoms with Gasteiger partial charge in [0.05, 0.1) is 11.9 Å². The van der Waals surface area contributed by atoms with Crippen molar-refractivity contribution >= 4 is 11.9 Å². The van der Waals surface area contributed by atoms with Crippen molar-refractivity contribution in [2.24, 2.45) is 5.10 Å². The molecule has 2 rings (SSSR count). The van der Waals surface area contributed by atoms with E-state index in [9.17, 15) is 0 Å². The second-order valence-electron chi connectivity index (χ2n) is 3.02. The van der Waals surface area contributed by atoms with E-state index in [2.05, 4.69) is 15.5 Å². The Morgan fingerprint density at radius 2 is 1.93 bits per heavy atom. The molecule has 74 valence electrons. The fourth-order valence-corrected chi connectivity index (χ4v) is 1.15. The van der Waals surface area contributed by atoms with Crippen LogP contribution in [0.25, 0.3) is 0 Å². The van der Waals surface area contributed by atoms with Crippen LogP contribution >= 0.6 is 0 Å². The van der Waals surface area contributed by atoms with Crippen LogP contribution in [0.2, 0.25) is 0 Å².